The number of nitrogens with one attached hydrogen (secondary N) is 1. The number of rotatable bonds is 7. The summed E-state index contributed by atoms with van der Waals surface area (Å²) in [5.74, 6) is -0.146. The lowest BCUT2D eigenvalue weighted by Gasteiger charge is -2.24. The highest BCUT2D eigenvalue weighted by Crippen LogP contribution is 2.25. The van der Waals surface area contributed by atoms with E-state index in [0.717, 1.165) is 18.8 Å². The maximum absolute atomic E-state index is 12.1. The molecule has 2 rings (SSSR count). The van der Waals surface area contributed by atoms with E-state index in [1.807, 2.05) is 38.1 Å². The Kier molecular flexibility index (Phi) is 6.10. The van der Waals surface area contributed by atoms with E-state index in [4.69, 9.17) is 0 Å². The normalized spacial score (nSPS) is 14.9. The van der Waals surface area contributed by atoms with Gasteiger partial charge in [0.2, 0.25) is 15.9 Å². The maximum Gasteiger partial charge on any atom is 0.232 e. The highest BCUT2D eigenvalue weighted by atomic mass is 32.2. The van der Waals surface area contributed by atoms with Gasteiger partial charge in [-0.3, -0.25) is 9.10 Å². The summed E-state index contributed by atoms with van der Waals surface area (Å²) >= 11 is 0. The van der Waals surface area contributed by atoms with Gasteiger partial charge < -0.3 is 10.2 Å². The second kappa shape index (κ2) is 7.88. The molecular weight excluding hydrogens is 326 g/mol. The number of sulfonamides is 1. The van der Waals surface area contributed by atoms with Crippen LogP contribution in [0.5, 0.6) is 0 Å². The summed E-state index contributed by atoms with van der Waals surface area (Å²) in [7, 11) is -3.43. The molecule has 6 nitrogen and oxygen atoms in total. The zero-order chi connectivity index (χ0) is 17.7. The highest BCUT2D eigenvalue weighted by Gasteiger charge is 2.19. The Morgan fingerprint density at radius 3 is 2.29 bits per heavy atom. The average Bonchev–Trinajstić information content (AvgIpc) is 3.00. The number of benzene rings is 1. The minimum Gasteiger partial charge on any atom is -0.372 e. The van der Waals surface area contributed by atoms with Crippen LogP contribution in [0.15, 0.2) is 24.3 Å². The third kappa shape index (κ3) is 5.12. The molecular formula is C17H27N3O3S. The van der Waals surface area contributed by atoms with Gasteiger partial charge in [0.25, 0.3) is 0 Å². The SMILES string of the molecule is CC(C)NC(=O)CCN(c1ccc(N2CCCC2)cc1)S(C)(=O)=O. The number of hydrogen-bond acceptors (Lipinski definition) is 4. The molecule has 0 bridgehead atoms. The van der Waals surface area contributed by atoms with Crippen molar-refractivity contribution in [3.63, 3.8) is 0 Å². The van der Waals surface area contributed by atoms with Gasteiger partial charge in [0.05, 0.1) is 11.9 Å². The molecule has 0 atom stereocenters. The molecule has 1 aromatic rings. The molecule has 1 heterocycles. The summed E-state index contributed by atoms with van der Waals surface area (Å²) in [4.78, 5) is 14.1. The minimum atomic E-state index is -3.43. The fourth-order valence-electron chi connectivity index (χ4n) is 2.89. The molecule has 0 unspecified atom stereocenters. The molecule has 7 heteroatoms. The Bertz CT molecular complexity index is 650. The van der Waals surface area contributed by atoms with Gasteiger partial charge in [0, 0.05) is 37.8 Å². The Labute approximate surface area is 144 Å². The first-order valence-corrected chi connectivity index (χ1v) is 10.2. The van der Waals surface area contributed by atoms with Crippen molar-refractivity contribution < 1.29 is 13.2 Å². The summed E-state index contributed by atoms with van der Waals surface area (Å²) in [5, 5.41) is 2.78. The maximum atomic E-state index is 12.1. The third-order valence-corrected chi connectivity index (χ3v) is 5.19. The first-order chi connectivity index (χ1) is 11.3. The highest BCUT2D eigenvalue weighted by molar-refractivity contribution is 7.92. The zero-order valence-corrected chi connectivity index (χ0v) is 15.5. The number of hydrogen-bond donors (Lipinski definition) is 1. The largest absolute Gasteiger partial charge is 0.372 e. The lowest BCUT2D eigenvalue weighted by Crippen LogP contribution is -2.36. The van der Waals surface area contributed by atoms with Gasteiger partial charge in [-0.2, -0.15) is 0 Å². The average molecular weight is 353 g/mol. The van der Waals surface area contributed by atoms with Gasteiger partial charge in [0.15, 0.2) is 0 Å². The van der Waals surface area contributed by atoms with Crippen molar-refractivity contribution in [3.8, 4) is 0 Å². The first kappa shape index (κ1) is 18.6. The number of nitrogens with zero attached hydrogens (tertiary/aromatic N) is 2. The molecule has 0 aromatic heterocycles. The number of anilines is 2. The van der Waals surface area contributed by atoms with Crippen LogP contribution >= 0.6 is 0 Å². The molecule has 134 valence electrons. The molecule has 1 saturated heterocycles. The van der Waals surface area contributed by atoms with Crippen LogP contribution in [0.3, 0.4) is 0 Å². The van der Waals surface area contributed by atoms with Gasteiger partial charge in [-0.25, -0.2) is 8.42 Å². The van der Waals surface area contributed by atoms with Crippen LogP contribution in [0.2, 0.25) is 0 Å². The van der Waals surface area contributed by atoms with E-state index >= 15 is 0 Å². The third-order valence-electron chi connectivity index (χ3n) is 4.00. The van der Waals surface area contributed by atoms with Gasteiger partial charge >= 0.3 is 0 Å². The Morgan fingerprint density at radius 1 is 1.21 bits per heavy atom. The number of amides is 1. The van der Waals surface area contributed by atoms with E-state index in [0.29, 0.717) is 5.69 Å². The van der Waals surface area contributed by atoms with Gasteiger partial charge in [0.1, 0.15) is 0 Å². The van der Waals surface area contributed by atoms with Crippen molar-refractivity contribution in [1.82, 2.24) is 5.32 Å². The molecule has 0 spiro atoms. The predicted octanol–water partition coefficient (Wildman–Crippen LogP) is 1.97. The Morgan fingerprint density at radius 2 is 1.79 bits per heavy atom. The smallest absolute Gasteiger partial charge is 0.232 e. The molecule has 1 amide bonds. The van der Waals surface area contributed by atoms with Crippen LogP contribution in [0.1, 0.15) is 33.1 Å². The quantitative estimate of drug-likeness (QED) is 0.814. The van der Waals surface area contributed by atoms with Crippen LogP contribution in [-0.2, 0) is 14.8 Å². The Hall–Kier alpha value is -1.76. The molecule has 0 radical (unpaired) electrons. The summed E-state index contributed by atoms with van der Waals surface area (Å²) in [6.45, 7) is 5.99. The lowest BCUT2D eigenvalue weighted by molar-refractivity contribution is -0.121. The summed E-state index contributed by atoms with van der Waals surface area (Å²) in [6, 6.07) is 7.58. The van der Waals surface area contributed by atoms with Crippen LogP contribution in [-0.4, -0.2) is 46.3 Å². The van der Waals surface area contributed by atoms with Gasteiger partial charge in [-0.1, -0.05) is 0 Å². The number of carbonyl (C=O) groups is 1. The van der Waals surface area contributed by atoms with Crippen LogP contribution < -0.4 is 14.5 Å². The van der Waals surface area contributed by atoms with Gasteiger partial charge in [-0.05, 0) is 51.0 Å². The molecule has 1 aliphatic rings. The van der Waals surface area contributed by atoms with Crippen molar-refractivity contribution in [1.29, 1.82) is 0 Å². The monoisotopic (exact) mass is 353 g/mol. The molecule has 1 aromatic carbocycles. The fourth-order valence-corrected chi connectivity index (χ4v) is 3.82. The summed E-state index contributed by atoms with van der Waals surface area (Å²) < 4.78 is 25.5. The first-order valence-electron chi connectivity index (χ1n) is 8.39. The second-order valence-electron chi connectivity index (χ2n) is 6.52. The van der Waals surface area contributed by atoms with E-state index in [9.17, 15) is 13.2 Å². The standard InChI is InChI=1S/C17H27N3O3S/c1-14(2)18-17(21)10-13-20(24(3,22)23)16-8-6-15(7-9-16)19-11-4-5-12-19/h6-9,14H,4-5,10-13H2,1-3H3,(H,18,21). The van der Waals surface area contributed by atoms with Crippen LogP contribution in [0, 0.1) is 0 Å². The second-order valence-corrected chi connectivity index (χ2v) is 8.42. The topological polar surface area (TPSA) is 69.7 Å². The summed E-state index contributed by atoms with van der Waals surface area (Å²) in [6.07, 6.45) is 3.70. The fraction of sp³-hybridized carbons (Fsp3) is 0.588. The van der Waals surface area contributed by atoms with Crippen molar-refractivity contribution >= 4 is 27.3 Å². The van der Waals surface area contributed by atoms with E-state index < -0.39 is 10.0 Å². The lowest BCUT2D eigenvalue weighted by atomic mass is 10.2. The van der Waals surface area contributed by atoms with Gasteiger partial charge in [-0.15, -0.1) is 0 Å². The zero-order valence-electron chi connectivity index (χ0n) is 14.7. The molecule has 1 fully saturated rings. The molecule has 0 saturated carbocycles. The van der Waals surface area contributed by atoms with E-state index in [1.54, 1.807) is 0 Å². The molecule has 1 aliphatic heterocycles. The summed E-state index contributed by atoms with van der Waals surface area (Å²) in [5.41, 5.74) is 1.71. The minimum absolute atomic E-state index is 0.0453. The Balaban J connectivity index is 2.08. The van der Waals surface area contributed by atoms with Crippen LogP contribution in [0.4, 0.5) is 11.4 Å². The van der Waals surface area contributed by atoms with Crippen molar-refractivity contribution in [2.45, 2.75) is 39.2 Å². The molecule has 0 aliphatic carbocycles. The van der Waals surface area contributed by atoms with E-state index in [-0.39, 0.29) is 24.9 Å². The number of carbonyl (C=O) groups excluding carboxylic acids is 1. The molecule has 1 N–H and O–H groups in total. The molecule has 24 heavy (non-hydrogen) atoms. The van der Waals surface area contributed by atoms with Crippen LogP contribution in [0.25, 0.3) is 0 Å². The van der Waals surface area contributed by atoms with Crippen molar-refractivity contribution in [2.75, 3.05) is 35.1 Å². The predicted molar refractivity (Wildman–Crippen MR) is 98.0 cm³/mol. The van der Waals surface area contributed by atoms with Crippen molar-refractivity contribution in [2.24, 2.45) is 0 Å². The van der Waals surface area contributed by atoms with E-state index in [1.165, 1.54) is 23.4 Å². The van der Waals surface area contributed by atoms with Crippen molar-refractivity contribution in [3.05, 3.63) is 24.3 Å². The van der Waals surface area contributed by atoms with E-state index in [2.05, 4.69) is 10.2 Å².